The number of rotatable bonds is 6. The van der Waals surface area contributed by atoms with E-state index in [1.165, 1.54) is 0 Å². The van der Waals surface area contributed by atoms with Gasteiger partial charge in [0.1, 0.15) is 6.61 Å². The number of ketones is 1. The van der Waals surface area contributed by atoms with Gasteiger partial charge in [-0.2, -0.15) is 0 Å². The summed E-state index contributed by atoms with van der Waals surface area (Å²) in [5, 5.41) is 0. The van der Waals surface area contributed by atoms with Crippen LogP contribution in [0.2, 0.25) is 0 Å². The van der Waals surface area contributed by atoms with Crippen molar-refractivity contribution in [3.8, 4) is 0 Å². The van der Waals surface area contributed by atoms with Crippen molar-refractivity contribution in [2.45, 2.75) is 13.3 Å². The Morgan fingerprint density at radius 1 is 1.38 bits per heavy atom. The van der Waals surface area contributed by atoms with Gasteiger partial charge in [-0.05, 0) is 48.1 Å². The van der Waals surface area contributed by atoms with Gasteiger partial charge in [0, 0.05) is 9.13 Å². The molecule has 0 heterocycles. The molecule has 1 aromatic carbocycles. The molecule has 0 saturated carbocycles. The van der Waals surface area contributed by atoms with Crippen LogP contribution in [0.3, 0.4) is 0 Å². The molecule has 16 heavy (non-hydrogen) atoms. The number of Topliss-reactive ketones (excluding diaryl/α,β-unsaturated/α-hetero) is 1. The Kier molecular flexibility index (Phi) is 5.69. The van der Waals surface area contributed by atoms with Gasteiger partial charge in [0.05, 0.1) is 6.61 Å². The maximum atomic E-state index is 11.7. The van der Waals surface area contributed by atoms with Crippen molar-refractivity contribution in [2.24, 2.45) is 0 Å². The number of hydrogen-bond donors (Lipinski definition) is 0. The van der Waals surface area contributed by atoms with Crippen LogP contribution in [-0.4, -0.2) is 19.0 Å². The summed E-state index contributed by atoms with van der Waals surface area (Å²) in [7, 11) is 0. The maximum absolute atomic E-state index is 11.7. The third kappa shape index (κ3) is 4.90. The van der Waals surface area contributed by atoms with Crippen molar-refractivity contribution in [2.75, 3.05) is 13.2 Å². The summed E-state index contributed by atoms with van der Waals surface area (Å²) in [5.41, 5.74) is 1.78. The van der Waals surface area contributed by atoms with Crippen LogP contribution in [0.5, 0.6) is 0 Å². The molecule has 0 aliphatic rings. The Labute approximate surface area is 110 Å². The molecular formula is C13H15IO2. The summed E-state index contributed by atoms with van der Waals surface area (Å²) >= 11 is 2.21. The SMILES string of the molecule is C=C(C)CCOCC(=O)c1ccc(I)cc1. The third-order valence-corrected chi connectivity index (χ3v) is 2.79. The van der Waals surface area contributed by atoms with Gasteiger partial charge < -0.3 is 4.74 Å². The highest BCUT2D eigenvalue weighted by atomic mass is 127. The van der Waals surface area contributed by atoms with Gasteiger partial charge in [0.25, 0.3) is 0 Å². The first-order valence-electron chi connectivity index (χ1n) is 5.10. The number of halogens is 1. The molecule has 0 N–H and O–H groups in total. The molecule has 0 amide bonds. The smallest absolute Gasteiger partial charge is 0.188 e. The zero-order valence-electron chi connectivity index (χ0n) is 9.33. The minimum absolute atomic E-state index is 0.0260. The maximum Gasteiger partial charge on any atom is 0.188 e. The van der Waals surface area contributed by atoms with E-state index in [1.807, 2.05) is 31.2 Å². The molecule has 0 spiro atoms. The molecule has 1 aromatic rings. The normalized spacial score (nSPS) is 10.1. The van der Waals surface area contributed by atoms with Gasteiger partial charge >= 0.3 is 0 Å². The van der Waals surface area contributed by atoms with Crippen LogP contribution in [0.4, 0.5) is 0 Å². The summed E-state index contributed by atoms with van der Waals surface area (Å²) in [6.07, 6.45) is 0.806. The second-order valence-corrected chi connectivity index (χ2v) is 4.94. The van der Waals surface area contributed by atoms with Crippen LogP contribution < -0.4 is 0 Å². The van der Waals surface area contributed by atoms with Crippen LogP contribution >= 0.6 is 22.6 Å². The Hall–Kier alpha value is -0.680. The van der Waals surface area contributed by atoms with E-state index < -0.39 is 0 Å². The summed E-state index contributed by atoms with van der Waals surface area (Å²) in [5.74, 6) is 0.0260. The molecule has 0 atom stereocenters. The molecule has 0 saturated heterocycles. The molecule has 0 aliphatic heterocycles. The van der Waals surface area contributed by atoms with Crippen LogP contribution in [0.25, 0.3) is 0 Å². The minimum Gasteiger partial charge on any atom is -0.373 e. The summed E-state index contributed by atoms with van der Waals surface area (Å²) in [6.45, 7) is 6.43. The van der Waals surface area contributed by atoms with Crippen LogP contribution in [0.15, 0.2) is 36.4 Å². The molecule has 3 heteroatoms. The zero-order chi connectivity index (χ0) is 12.0. The molecule has 1 rings (SSSR count). The van der Waals surface area contributed by atoms with E-state index in [0.29, 0.717) is 12.2 Å². The zero-order valence-corrected chi connectivity index (χ0v) is 11.5. The van der Waals surface area contributed by atoms with Crippen molar-refractivity contribution in [3.63, 3.8) is 0 Å². The molecule has 0 fully saturated rings. The van der Waals surface area contributed by atoms with E-state index in [2.05, 4.69) is 29.2 Å². The highest BCUT2D eigenvalue weighted by molar-refractivity contribution is 14.1. The quantitative estimate of drug-likeness (QED) is 0.346. The van der Waals surface area contributed by atoms with Crippen molar-refractivity contribution in [1.82, 2.24) is 0 Å². The van der Waals surface area contributed by atoms with E-state index in [9.17, 15) is 4.79 Å². The fraction of sp³-hybridized carbons (Fsp3) is 0.308. The minimum atomic E-state index is 0.0260. The highest BCUT2D eigenvalue weighted by Crippen LogP contribution is 2.07. The van der Waals surface area contributed by atoms with E-state index >= 15 is 0 Å². The molecule has 0 bridgehead atoms. The summed E-state index contributed by atoms with van der Waals surface area (Å²) < 4.78 is 6.40. The average Bonchev–Trinajstić information content (AvgIpc) is 2.25. The van der Waals surface area contributed by atoms with Gasteiger partial charge in [0.15, 0.2) is 5.78 Å². The van der Waals surface area contributed by atoms with E-state index in [1.54, 1.807) is 0 Å². The summed E-state index contributed by atoms with van der Waals surface area (Å²) in [6, 6.07) is 7.49. The molecule has 0 aliphatic carbocycles. The number of carbonyl (C=O) groups is 1. The largest absolute Gasteiger partial charge is 0.373 e. The van der Waals surface area contributed by atoms with Crippen molar-refractivity contribution < 1.29 is 9.53 Å². The molecule has 2 nitrogen and oxygen atoms in total. The van der Waals surface area contributed by atoms with Gasteiger partial charge in [0.2, 0.25) is 0 Å². The van der Waals surface area contributed by atoms with Crippen LogP contribution in [0.1, 0.15) is 23.7 Å². The van der Waals surface area contributed by atoms with Gasteiger partial charge in [-0.25, -0.2) is 0 Å². The van der Waals surface area contributed by atoms with Crippen molar-refractivity contribution in [3.05, 3.63) is 45.6 Å². The van der Waals surface area contributed by atoms with Crippen molar-refractivity contribution in [1.29, 1.82) is 0 Å². The lowest BCUT2D eigenvalue weighted by Gasteiger charge is -2.03. The molecule has 0 unspecified atom stereocenters. The number of hydrogen-bond acceptors (Lipinski definition) is 2. The van der Waals surface area contributed by atoms with Crippen LogP contribution in [-0.2, 0) is 4.74 Å². The number of benzene rings is 1. The first-order chi connectivity index (χ1) is 7.59. The Morgan fingerprint density at radius 3 is 2.56 bits per heavy atom. The van der Waals surface area contributed by atoms with Crippen molar-refractivity contribution >= 4 is 28.4 Å². The first-order valence-corrected chi connectivity index (χ1v) is 6.18. The lowest BCUT2D eigenvalue weighted by atomic mass is 10.1. The third-order valence-electron chi connectivity index (χ3n) is 2.07. The highest BCUT2D eigenvalue weighted by Gasteiger charge is 2.05. The predicted molar refractivity (Wildman–Crippen MR) is 73.7 cm³/mol. The lowest BCUT2D eigenvalue weighted by molar-refractivity contribution is 0.0765. The van der Waals surface area contributed by atoms with E-state index in [4.69, 9.17) is 4.74 Å². The summed E-state index contributed by atoms with van der Waals surface area (Å²) in [4.78, 5) is 11.7. The Balaban J connectivity index is 2.35. The number of ether oxygens (including phenoxy) is 1. The topological polar surface area (TPSA) is 26.3 Å². The fourth-order valence-electron chi connectivity index (χ4n) is 1.13. The van der Waals surface area contributed by atoms with E-state index in [0.717, 1.165) is 15.6 Å². The fourth-order valence-corrected chi connectivity index (χ4v) is 1.49. The van der Waals surface area contributed by atoms with Crippen LogP contribution in [0, 0.1) is 3.57 Å². The number of carbonyl (C=O) groups excluding carboxylic acids is 1. The Morgan fingerprint density at radius 2 is 2.00 bits per heavy atom. The van der Waals surface area contributed by atoms with E-state index in [-0.39, 0.29) is 12.4 Å². The standard InChI is InChI=1S/C13H15IO2/c1-10(2)7-8-16-9-13(15)11-3-5-12(14)6-4-11/h3-6H,1,7-9H2,2H3. The first kappa shape index (κ1) is 13.4. The van der Waals surface area contributed by atoms with Gasteiger partial charge in [-0.3, -0.25) is 4.79 Å². The predicted octanol–water partition coefficient (Wildman–Crippen LogP) is 3.46. The molecule has 0 radical (unpaired) electrons. The Bertz CT molecular complexity index is 368. The lowest BCUT2D eigenvalue weighted by Crippen LogP contribution is -2.09. The van der Waals surface area contributed by atoms with Gasteiger partial charge in [-0.1, -0.05) is 17.7 Å². The second kappa shape index (κ2) is 6.81. The monoisotopic (exact) mass is 330 g/mol. The van der Waals surface area contributed by atoms with Gasteiger partial charge in [-0.15, -0.1) is 6.58 Å². The molecule has 0 aromatic heterocycles. The second-order valence-electron chi connectivity index (χ2n) is 3.69. The molecule has 86 valence electrons. The average molecular weight is 330 g/mol. The molecular weight excluding hydrogens is 315 g/mol.